The van der Waals surface area contributed by atoms with Crippen LogP contribution in [-0.2, 0) is 4.74 Å². The molecule has 1 unspecified atom stereocenters. The summed E-state index contributed by atoms with van der Waals surface area (Å²) in [5.74, 6) is 0. The number of hydrogen-bond donors (Lipinski definition) is 2. The topological polar surface area (TPSA) is 36.5 Å². The predicted octanol–water partition coefficient (Wildman–Crippen LogP) is -0.730. The quantitative estimate of drug-likeness (QED) is 0.615. The highest BCUT2D eigenvalue weighted by atomic mass is 16.5. The van der Waals surface area contributed by atoms with Gasteiger partial charge in [-0.25, -0.2) is 0 Å². The number of hydrogen-bond acceptors (Lipinski definition) is 4. The first-order valence-electron chi connectivity index (χ1n) is 5.70. The lowest BCUT2D eigenvalue weighted by Crippen LogP contribution is -2.46. The summed E-state index contributed by atoms with van der Waals surface area (Å²) in [6.07, 6.45) is 1.67. The van der Waals surface area contributed by atoms with Gasteiger partial charge >= 0.3 is 0 Å². The summed E-state index contributed by atoms with van der Waals surface area (Å²) in [5, 5.41) is 6.79. The van der Waals surface area contributed by atoms with E-state index in [0.29, 0.717) is 6.10 Å². The van der Waals surface area contributed by atoms with Crippen molar-refractivity contribution in [2.45, 2.75) is 12.5 Å². The molecule has 4 nitrogen and oxygen atoms in total. The van der Waals surface area contributed by atoms with E-state index in [1.165, 1.54) is 26.1 Å². The number of morpholine rings is 1. The molecular formula is C10H21N3O. The molecule has 2 fully saturated rings. The molecular weight excluding hydrogens is 178 g/mol. The molecule has 0 spiro atoms. The Morgan fingerprint density at radius 2 is 2.14 bits per heavy atom. The van der Waals surface area contributed by atoms with Gasteiger partial charge in [0, 0.05) is 32.7 Å². The maximum atomic E-state index is 5.70. The lowest BCUT2D eigenvalue weighted by atomic mass is 10.2. The lowest BCUT2D eigenvalue weighted by molar-refractivity contribution is 0.00668. The second-order valence-corrected chi connectivity index (χ2v) is 4.10. The molecule has 82 valence electrons. The molecule has 2 heterocycles. The molecule has 2 aliphatic rings. The molecule has 14 heavy (non-hydrogen) atoms. The second kappa shape index (κ2) is 5.66. The van der Waals surface area contributed by atoms with Gasteiger partial charge in [0.25, 0.3) is 0 Å². The Kier molecular flexibility index (Phi) is 4.19. The molecule has 0 saturated carbocycles. The van der Waals surface area contributed by atoms with Gasteiger partial charge in [-0.2, -0.15) is 0 Å². The van der Waals surface area contributed by atoms with E-state index in [2.05, 4.69) is 15.5 Å². The first-order chi connectivity index (χ1) is 6.95. The minimum Gasteiger partial charge on any atom is -0.374 e. The van der Waals surface area contributed by atoms with E-state index >= 15 is 0 Å². The third-order valence-corrected chi connectivity index (χ3v) is 2.90. The third-order valence-electron chi connectivity index (χ3n) is 2.90. The largest absolute Gasteiger partial charge is 0.374 e. The predicted molar refractivity (Wildman–Crippen MR) is 56.5 cm³/mol. The van der Waals surface area contributed by atoms with Gasteiger partial charge in [0.1, 0.15) is 0 Å². The highest BCUT2D eigenvalue weighted by molar-refractivity contribution is 4.74. The molecule has 0 aromatic rings. The molecule has 0 amide bonds. The zero-order valence-corrected chi connectivity index (χ0v) is 8.80. The zero-order chi connectivity index (χ0) is 9.64. The molecule has 1 atom stereocenters. The van der Waals surface area contributed by atoms with Gasteiger partial charge in [-0.1, -0.05) is 0 Å². The number of rotatable bonds is 2. The van der Waals surface area contributed by atoms with Gasteiger partial charge in [-0.3, -0.25) is 4.90 Å². The van der Waals surface area contributed by atoms with Crippen molar-refractivity contribution in [1.29, 1.82) is 0 Å². The highest BCUT2D eigenvalue weighted by Gasteiger charge is 2.17. The molecule has 2 saturated heterocycles. The molecule has 0 radical (unpaired) electrons. The van der Waals surface area contributed by atoms with Crippen LogP contribution in [0.5, 0.6) is 0 Å². The minimum atomic E-state index is 0.404. The monoisotopic (exact) mass is 199 g/mol. The fourth-order valence-electron chi connectivity index (χ4n) is 2.11. The lowest BCUT2D eigenvalue weighted by Gasteiger charge is -2.29. The van der Waals surface area contributed by atoms with Crippen LogP contribution < -0.4 is 10.6 Å². The van der Waals surface area contributed by atoms with E-state index in [0.717, 1.165) is 32.8 Å². The van der Waals surface area contributed by atoms with Crippen LogP contribution in [0.4, 0.5) is 0 Å². The highest BCUT2D eigenvalue weighted by Crippen LogP contribution is 2.02. The van der Waals surface area contributed by atoms with Crippen molar-refractivity contribution in [3.05, 3.63) is 0 Å². The van der Waals surface area contributed by atoms with Gasteiger partial charge in [0.2, 0.25) is 0 Å². The molecule has 2 aliphatic heterocycles. The molecule has 0 aromatic carbocycles. The van der Waals surface area contributed by atoms with Crippen molar-refractivity contribution in [2.75, 3.05) is 52.4 Å². The smallest absolute Gasteiger partial charge is 0.0826 e. The van der Waals surface area contributed by atoms with Crippen LogP contribution in [0.25, 0.3) is 0 Å². The number of ether oxygens (including phenoxy) is 1. The van der Waals surface area contributed by atoms with Crippen LogP contribution in [0.2, 0.25) is 0 Å². The number of nitrogens with one attached hydrogen (secondary N) is 2. The normalized spacial score (nSPS) is 31.3. The fourth-order valence-corrected chi connectivity index (χ4v) is 2.11. The Bertz CT molecular complexity index is 151. The third kappa shape index (κ3) is 3.20. The van der Waals surface area contributed by atoms with Gasteiger partial charge in [-0.05, 0) is 19.5 Å². The summed E-state index contributed by atoms with van der Waals surface area (Å²) in [5.41, 5.74) is 0. The number of nitrogens with zero attached hydrogens (tertiary/aromatic N) is 1. The summed E-state index contributed by atoms with van der Waals surface area (Å²) < 4.78 is 5.70. The van der Waals surface area contributed by atoms with Gasteiger partial charge in [-0.15, -0.1) is 0 Å². The summed E-state index contributed by atoms with van der Waals surface area (Å²) in [4.78, 5) is 2.51. The standard InChI is InChI=1S/C10H21N3O/c1-2-11-3-6-13(5-1)9-10-8-12-4-7-14-10/h10-12H,1-9H2. The van der Waals surface area contributed by atoms with Crippen LogP contribution >= 0.6 is 0 Å². The molecule has 2 N–H and O–H groups in total. The van der Waals surface area contributed by atoms with Crippen LogP contribution in [0.3, 0.4) is 0 Å². The van der Waals surface area contributed by atoms with E-state index in [1.807, 2.05) is 0 Å². The van der Waals surface area contributed by atoms with Crippen molar-refractivity contribution < 1.29 is 4.74 Å². The zero-order valence-electron chi connectivity index (χ0n) is 8.80. The molecule has 0 bridgehead atoms. The summed E-state index contributed by atoms with van der Waals surface area (Å²) in [6, 6.07) is 0. The van der Waals surface area contributed by atoms with Crippen molar-refractivity contribution in [3.63, 3.8) is 0 Å². The summed E-state index contributed by atoms with van der Waals surface area (Å²) in [7, 11) is 0. The van der Waals surface area contributed by atoms with Gasteiger partial charge < -0.3 is 15.4 Å². The van der Waals surface area contributed by atoms with Gasteiger partial charge in [0.15, 0.2) is 0 Å². The maximum Gasteiger partial charge on any atom is 0.0826 e. The van der Waals surface area contributed by atoms with Crippen LogP contribution in [0, 0.1) is 0 Å². The minimum absolute atomic E-state index is 0.404. The fraction of sp³-hybridized carbons (Fsp3) is 1.00. The Labute approximate surface area is 86.0 Å². The SMILES string of the molecule is C1CNCCN(CC2CNCCO2)C1. The second-order valence-electron chi connectivity index (χ2n) is 4.10. The Hall–Kier alpha value is -0.160. The average Bonchev–Trinajstić information content (AvgIpc) is 2.48. The van der Waals surface area contributed by atoms with Crippen molar-refractivity contribution >= 4 is 0 Å². The summed E-state index contributed by atoms with van der Waals surface area (Å²) in [6.45, 7) is 8.67. The molecule has 0 aromatic heterocycles. The average molecular weight is 199 g/mol. The van der Waals surface area contributed by atoms with E-state index in [4.69, 9.17) is 4.74 Å². The molecule has 2 rings (SSSR count). The van der Waals surface area contributed by atoms with Crippen LogP contribution in [0.1, 0.15) is 6.42 Å². The summed E-state index contributed by atoms with van der Waals surface area (Å²) >= 11 is 0. The van der Waals surface area contributed by atoms with Crippen molar-refractivity contribution in [1.82, 2.24) is 15.5 Å². The van der Waals surface area contributed by atoms with Crippen molar-refractivity contribution in [2.24, 2.45) is 0 Å². The van der Waals surface area contributed by atoms with E-state index < -0.39 is 0 Å². The Morgan fingerprint density at radius 3 is 3.00 bits per heavy atom. The first kappa shape index (κ1) is 10.4. The van der Waals surface area contributed by atoms with E-state index in [1.54, 1.807) is 0 Å². The molecule has 0 aliphatic carbocycles. The first-order valence-corrected chi connectivity index (χ1v) is 5.70. The van der Waals surface area contributed by atoms with Gasteiger partial charge in [0.05, 0.1) is 12.7 Å². The molecule has 4 heteroatoms. The van der Waals surface area contributed by atoms with E-state index in [9.17, 15) is 0 Å². The van der Waals surface area contributed by atoms with Crippen LogP contribution in [-0.4, -0.2) is 63.4 Å². The van der Waals surface area contributed by atoms with Crippen molar-refractivity contribution in [3.8, 4) is 0 Å². The Morgan fingerprint density at radius 1 is 1.14 bits per heavy atom. The van der Waals surface area contributed by atoms with E-state index in [-0.39, 0.29) is 0 Å². The maximum absolute atomic E-state index is 5.70. The Balaban J connectivity index is 1.71. The van der Waals surface area contributed by atoms with Crippen LogP contribution in [0.15, 0.2) is 0 Å².